The molecule has 11 heteroatoms. The van der Waals surface area contributed by atoms with E-state index in [1.165, 1.54) is 24.3 Å². The topological polar surface area (TPSA) is 119 Å². The molecule has 45 heavy (non-hydrogen) atoms. The highest BCUT2D eigenvalue weighted by Crippen LogP contribution is 2.38. The molecule has 1 aliphatic rings. The first-order valence-corrected chi connectivity index (χ1v) is 17.0. The van der Waals surface area contributed by atoms with Crippen molar-refractivity contribution in [2.24, 2.45) is 5.14 Å². The number of sulfonamides is 1. The zero-order valence-electron chi connectivity index (χ0n) is 24.3. The number of nitrogens with zero attached hydrogens (tertiary/aromatic N) is 3. The van der Waals surface area contributed by atoms with Crippen LogP contribution in [0.2, 0.25) is 10.0 Å². The third-order valence-corrected chi connectivity index (χ3v) is 9.89. The standard InChI is InChI=1S/C34H32Cl2N4O4S/c35-27-8-1-22(2-9-27)32(23-3-10-28(36)11-4-23)26-7-14-31-30(21-26)33(38-40(31)19-20-41)24-15-17-39(18-16-24)34(42)25-5-12-29(13-6-25)45(37,43)44/h1-14,21,24,32,41H,15-20H2,(H2,37,43,44). The second-order valence-electron chi connectivity index (χ2n) is 11.3. The molecule has 8 nitrogen and oxygen atoms in total. The number of aliphatic hydroxyl groups excluding tert-OH is 1. The number of piperidine rings is 1. The van der Waals surface area contributed by atoms with Gasteiger partial charge in [0, 0.05) is 45.9 Å². The lowest BCUT2D eigenvalue weighted by Gasteiger charge is -2.31. The molecule has 4 aromatic carbocycles. The number of aromatic nitrogens is 2. The minimum atomic E-state index is -3.83. The first kappa shape index (κ1) is 31.3. The van der Waals surface area contributed by atoms with Crippen molar-refractivity contribution in [1.29, 1.82) is 0 Å². The number of rotatable bonds is 8. The van der Waals surface area contributed by atoms with Crippen LogP contribution in [0.15, 0.2) is 95.9 Å². The van der Waals surface area contributed by atoms with Crippen LogP contribution >= 0.6 is 23.2 Å². The largest absolute Gasteiger partial charge is 0.394 e. The van der Waals surface area contributed by atoms with Gasteiger partial charge in [0.05, 0.1) is 29.3 Å². The van der Waals surface area contributed by atoms with Crippen LogP contribution in [0.5, 0.6) is 0 Å². The maximum Gasteiger partial charge on any atom is 0.253 e. The van der Waals surface area contributed by atoms with Crippen molar-refractivity contribution in [2.75, 3.05) is 19.7 Å². The highest BCUT2D eigenvalue weighted by atomic mass is 35.5. The number of carbonyl (C=O) groups is 1. The second kappa shape index (κ2) is 12.9. The van der Waals surface area contributed by atoms with Gasteiger partial charge < -0.3 is 10.0 Å². The van der Waals surface area contributed by atoms with E-state index in [1.807, 2.05) is 53.2 Å². The van der Waals surface area contributed by atoms with Gasteiger partial charge in [-0.3, -0.25) is 9.48 Å². The fourth-order valence-corrected chi connectivity index (χ4v) is 6.95. The summed E-state index contributed by atoms with van der Waals surface area (Å²) in [4.78, 5) is 15.0. The molecule has 0 aliphatic carbocycles. The normalized spacial score (nSPS) is 14.4. The molecule has 6 rings (SSSR count). The van der Waals surface area contributed by atoms with E-state index in [4.69, 9.17) is 33.4 Å². The van der Waals surface area contributed by atoms with Crippen molar-refractivity contribution in [3.8, 4) is 0 Å². The molecule has 0 atom stereocenters. The summed E-state index contributed by atoms with van der Waals surface area (Å²) in [6.45, 7) is 1.41. The Morgan fingerprint density at radius 1 is 0.867 bits per heavy atom. The number of hydrogen-bond donors (Lipinski definition) is 2. The molecule has 1 fully saturated rings. The van der Waals surface area contributed by atoms with Crippen LogP contribution < -0.4 is 5.14 Å². The van der Waals surface area contributed by atoms with Crippen molar-refractivity contribution in [1.82, 2.24) is 14.7 Å². The van der Waals surface area contributed by atoms with Gasteiger partial charge in [-0.05, 0) is 90.2 Å². The zero-order chi connectivity index (χ0) is 31.7. The Labute approximate surface area is 272 Å². The molecule has 5 aromatic rings. The second-order valence-corrected chi connectivity index (χ2v) is 13.7. The van der Waals surface area contributed by atoms with Gasteiger partial charge in [0.1, 0.15) is 0 Å². The van der Waals surface area contributed by atoms with Gasteiger partial charge in [-0.1, -0.05) is 53.5 Å². The molecule has 1 amide bonds. The lowest BCUT2D eigenvalue weighted by Crippen LogP contribution is -2.38. The molecular weight excluding hydrogens is 631 g/mol. The van der Waals surface area contributed by atoms with Crippen LogP contribution in [0.1, 0.15) is 57.4 Å². The minimum absolute atomic E-state index is 0.0307. The summed E-state index contributed by atoms with van der Waals surface area (Å²) in [6.07, 6.45) is 1.43. The van der Waals surface area contributed by atoms with Crippen LogP contribution in [0.3, 0.4) is 0 Å². The fraction of sp³-hybridized carbons (Fsp3) is 0.235. The Kier molecular flexibility index (Phi) is 8.99. The molecule has 0 saturated carbocycles. The van der Waals surface area contributed by atoms with E-state index >= 15 is 0 Å². The number of amides is 1. The van der Waals surface area contributed by atoms with E-state index in [2.05, 4.69) is 18.2 Å². The molecule has 1 aliphatic heterocycles. The average molecular weight is 664 g/mol. The summed E-state index contributed by atoms with van der Waals surface area (Å²) in [5.41, 5.74) is 5.59. The monoisotopic (exact) mass is 662 g/mol. The van der Waals surface area contributed by atoms with Gasteiger partial charge in [0.15, 0.2) is 0 Å². The number of carbonyl (C=O) groups excluding carboxylic acids is 1. The van der Waals surface area contributed by atoms with E-state index in [9.17, 15) is 18.3 Å². The van der Waals surface area contributed by atoms with Crippen LogP contribution in [-0.2, 0) is 16.6 Å². The van der Waals surface area contributed by atoms with Gasteiger partial charge in [0.25, 0.3) is 5.91 Å². The Balaban J connectivity index is 1.31. The highest BCUT2D eigenvalue weighted by Gasteiger charge is 2.29. The van der Waals surface area contributed by atoms with E-state index < -0.39 is 10.0 Å². The predicted octanol–water partition coefficient (Wildman–Crippen LogP) is 6.18. The first-order valence-electron chi connectivity index (χ1n) is 14.7. The number of fused-ring (bicyclic) bond motifs is 1. The Bertz CT molecular complexity index is 1890. The van der Waals surface area contributed by atoms with Crippen molar-refractivity contribution in [3.63, 3.8) is 0 Å². The van der Waals surface area contributed by atoms with Gasteiger partial charge in [0.2, 0.25) is 10.0 Å². The average Bonchev–Trinajstić information content (AvgIpc) is 3.40. The van der Waals surface area contributed by atoms with Gasteiger partial charge in [-0.15, -0.1) is 0 Å². The van der Waals surface area contributed by atoms with Gasteiger partial charge >= 0.3 is 0 Å². The Morgan fingerprint density at radius 3 is 1.96 bits per heavy atom. The Morgan fingerprint density at radius 2 is 1.42 bits per heavy atom. The van der Waals surface area contributed by atoms with E-state index in [1.54, 1.807) is 4.90 Å². The van der Waals surface area contributed by atoms with Crippen LogP contribution in [0.4, 0.5) is 0 Å². The summed E-state index contributed by atoms with van der Waals surface area (Å²) in [7, 11) is -3.83. The molecule has 3 N–H and O–H groups in total. The molecule has 232 valence electrons. The van der Waals surface area contributed by atoms with Gasteiger partial charge in [-0.25, -0.2) is 13.6 Å². The number of aliphatic hydroxyl groups is 1. The smallest absolute Gasteiger partial charge is 0.253 e. The summed E-state index contributed by atoms with van der Waals surface area (Å²) < 4.78 is 25.1. The summed E-state index contributed by atoms with van der Waals surface area (Å²) >= 11 is 12.5. The first-order chi connectivity index (χ1) is 21.6. The number of likely N-dealkylation sites (tertiary alicyclic amines) is 1. The molecular formula is C34H32Cl2N4O4S. The lowest BCUT2D eigenvalue weighted by molar-refractivity contribution is 0.0712. The van der Waals surface area contributed by atoms with Crippen molar-refractivity contribution in [2.45, 2.75) is 36.1 Å². The molecule has 1 saturated heterocycles. The minimum Gasteiger partial charge on any atom is -0.394 e. The van der Waals surface area contributed by atoms with Crippen LogP contribution in [0, 0.1) is 0 Å². The molecule has 0 radical (unpaired) electrons. The number of primary sulfonamides is 1. The van der Waals surface area contributed by atoms with E-state index in [-0.39, 0.29) is 29.2 Å². The van der Waals surface area contributed by atoms with Crippen molar-refractivity contribution >= 4 is 50.0 Å². The third-order valence-electron chi connectivity index (χ3n) is 8.45. The quantitative estimate of drug-likeness (QED) is 0.192. The van der Waals surface area contributed by atoms with Crippen molar-refractivity contribution < 1.29 is 18.3 Å². The highest BCUT2D eigenvalue weighted by molar-refractivity contribution is 7.89. The number of nitrogens with two attached hydrogens (primary N) is 1. The lowest BCUT2D eigenvalue weighted by atomic mass is 9.84. The number of benzene rings is 4. The molecule has 0 bridgehead atoms. The van der Waals surface area contributed by atoms with Gasteiger partial charge in [-0.2, -0.15) is 5.10 Å². The van der Waals surface area contributed by atoms with E-state index in [0.29, 0.717) is 48.1 Å². The summed E-state index contributed by atoms with van der Waals surface area (Å²) in [5.74, 6) is -0.111. The maximum atomic E-state index is 13.2. The van der Waals surface area contributed by atoms with Crippen LogP contribution in [0.25, 0.3) is 10.9 Å². The zero-order valence-corrected chi connectivity index (χ0v) is 26.6. The molecule has 1 aromatic heterocycles. The molecule has 2 heterocycles. The third kappa shape index (κ3) is 6.64. The Hall–Kier alpha value is -3.73. The van der Waals surface area contributed by atoms with E-state index in [0.717, 1.165) is 33.3 Å². The maximum absolute atomic E-state index is 13.2. The van der Waals surface area contributed by atoms with Crippen molar-refractivity contribution in [3.05, 3.63) is 129 Å². The number of hydrogen-bond acceptors (Lipinski definition) is 5. The SMILES string of the molecule is NS(=O)(=O)c1ccc(C(=O)N2CCC(c3nn(CCO)c4ccc(C(c5ccc(Cl)cc5)c5ccc(Cl)cc5)cc34)CC2)cc1. The number of halogens is 2. The summed E-state index contributed by atoms with van der Waals surface area (Å²) in [5, 5.41) is 22.3. The predicted molar refractivity (Wildman–Crippen MR) is 176 cm³/mol. The fourth-order valence-electron chi connectivity index (χ4n) is 6.18. The molecule has 0 spiro atoms. The molecule has 0 unspecified atom stereocenters. The summed E-state index contributed by atoms with van der Waals surface area (Å²) in [6, 6.07) is 27.8. The van der Waals surface area contributed by atoms with Crippen LogP contribution in [-0.4, -0.2) is 53.8 Å².